The van der Waals surface area contributed by atoms with Crippen molar-refractivity contribution in [2.75, 3.05) is 13.1 Å². The van der Waals surface area contributed by atoms with Crippen LogP contribution in [0.15, 0.2) is 60.9 Å². The first kappa shape index (κ1) is 17.3. The van der Waals surface area contributed by atoms with Crippen molar-refractivity contribution >= 4 is 17.5 Å². The van der Waals surface area contributed by atoms with E-state index in [0.717, 1.165) is 19.3 Å². The number of ether oxygens (including phenoxy) is 1. The fraction of sp³-hybridized carbons (Fsp3) is 0.286. The molecule has 1 atom stereocenters. The lowest BCUT2D eigenvalue weighted by molar-refractivity contribution is -0.142. The third-order valence-corrected chi connectivity index (χ3v) is 4.85. The van der Waals surface area contributed by atoms with Crippen molar-refractivity contribution in [2.45, 2.75) is 25.4 Å². The average Bonchev–Trinajstić information content (AvgIpc) is 3.17. The van der Waals surface area contributed by atoms with Crippen LogP contribution < -0.4 is 0 Å². The van der Waals surface area contributed by atoms with Crippen LogP contribution in [0.1, 0.15) is 41.4 Å². The summed E-state index contributed by atoms with van der Waals surface area (Å²) >= 11 is 0. The van der Waals surface area contributed by atoms with Crippen molar-refractivity contribution in [3.05, 3.63) is 72.2 Å². The minimum absolute atomic E-state index is 0.164. The quantitative estimate of drug-likeness (QED) is 0.668. The summed E-state index contributed by atoms with van der Waals surface area (Å²) in [6.07, 6.45) is 5.37. The molecule has 1 aromatic carbocycles. The summed E-state index contributed by atoms with van der Waals surface area (Å²) in [5.41, 5.74) is 1.64. The molecule has 0 bridgehead atoms. The van der Waals surface area contributed by atoms with Gasteiger partial charge in [0.15, 0.2) is 5.69 Å². The summed E-state index contributed by atoms with van der Waals surface area (Å²) in [4.78, 5) is 31.9. The molecule has 0 spiro atoms. The number of esters is 1. The predicted octanol–water partition coefficient (Wildman–Crippen LogP) is 3.24. The fourth-order valence-electron chi connectivity index (χ4n) is 3.42. The van der Waals surface area contributed by atoms with Crippen LogP contribution in [0.25, 0.3) is 5.65 Å². The van der Waals surface area contributed by atoms with Crippen LogP contribution in [0.3, 0.4) is 0 Å². The van der Waals surface area contributed by atoms with Gasteiger partial charge in [0.2, 0.25) is 6.10 Å². The molecule has 138 valence electrons. The Morgan fingerprint density at radius 3 is 2.48 bits per heavy atom. The van der Waals surface area contributed by atoms with Gasteiger partial charge in [-0.25, -0.2) is 9.78 Å². The van der Waals surface area contributed by atoms with Gasteiger partial charge in [-0.3, -0.25) is 9.20 Å². The third-order valence-electron chi connectivity index (χ3n) is 4.85. The summed E-state index contributed by atoms with van der Waals surface area (Å²) in [5.74, 6) is -0.726. The van der Waals surface area contributed by atoms with Crippen LogP contribution in [0, 0.1) is 0 Å². The van der Waals surface area contributed by atoms with Crippen LogP contribution in [-0.2, 0) is 9.53 Å². The maximum atomic E-state index is 13.1. The number of imidazole rings is 1. The second-order valence-corrected chi connectivity index (χ2v) is 6.65. The second kappa shape index (κ2) is 7.61. The predicted molar refractivity (Wildman–Crippen MR) is 100 cm³/mol. The molecule has 6 nitrogen and oxygen atoms in total. The second-order valence-electron chi connectivity index (χ2n) is 6.65. The van der Waals surface area contributed by atoms with E-state index in [9.17, 15) is 9.59 Å². The number of benzene rings is 1. The molecule has 0 aliphatic carbocycles. The summed E-state index contributed by atoms with van der Waals surface area (Å²) < 4.78 is 7.38. The lowest BCUT2D eigenvalue weighted by Gasteiger charge is -2.30. The summed E-state index contributed by atoms with van der Waals surface area (Å²) in [6.45, 7) is 1.41. The van der Waals surface area contributed by atoms with Crippen LogP contribution in [0.4, 0.5) is 0 Å². The maximum absolute atomic E-state index is 13.1. The molecule has 1 amide bonds. The minimum Gasteiger partial charge on any atom is -0.443 e. The van der Waals surface area contributed by atoms with Gasteiger partial charge in [-0.15, -0.1) is 0 Å². The average molecular weight is 363 g/mol. The number of rotatable bonds is 4. The Hall–Kier alpha value is -3.15. The molecule has 4 rings (SSSR count). The van der Waals surface area contributed by atoms with Crippen LogP contribution >= 0.6 is 0 Å². The van der Waals surface area contributed by atoms with E-state index >= 15 is 0 Å². The first-order valence-corrected chi connectivity index (χ1v) is 9.21. The van der Waals surface area contributed by atoms with Crippen molar-refractivity contribution in [2.24, 2.45) is 0 Å². The SMILES string of the molecule is O=C(O[C@@H](C(=O)N1CCCCC1)c1ccccc1)c1cnc2ccccn12. The van der Waals surface area contributed by atoms with Crippen molar-refractivity contribution in [3.63, 3.8) is 0 Å². The lowest BCUT2D eigenvalue weighted by Crippen LogP contribution is -2.40. The van der Waals surface area contributed by atoms with Crippen LogP contribution in [-0.4, -0.2) is 39.3 Å². The zero-order valence-electron chi connectivity index (χ0n) is 15.0. The molecule has 0 N–H and O–H groups in total. The van der Waals surface area contributed by atoms with Crippen molar-refractivity contribution in [1.29, 1.82) is 0 Å². The summed E-state index contributed by atoms with van der Waals surface area (Å²) in [5, 5.41) is 0. The van der Waals surface area contributed by atoms with E-state index in [1.165, 1.54) is 6.20 Å². The number of likely N-dealkylation sites (tertiary alicyclic amines) is 1. The molecule has 0 radical (unpaired) electrons. The number of fused-ring (bicyclic) bond motifs is 1. The van der Waals surface area contributed by atoms with E-state index in [1.807, 2.05) is 48.5 Å². The first-order valence-electron chi connectivity index (χ1n) is 9.21. The molecule has 0 unspecified atom stereocenters. The molecule has 1 fully saturated rings. The summed E-state index contributed by atoms with van der Waals surface area (Å²) in [6, 6.07) is 14.7. The Labute approximate surface area is 157 Å². The summed E-state index contributed by atoms with van der Waals surface area (Å²) in [7, 11) is 0. The highest BCUT2D eigenvalue weighted by Crippen LogP contribution is 2.24. The fourth-order valence-corrected chi connectivity index (χ4v) is 3.42. The molecule has 6 heteroatoms. The number of carbonyl (C=O) groups excluding carboxylic acids is 2. The van der Waals surface area contributed by atoms with E-state index in [2.05, 4.69) is 4.98 Å². The van der Waals surface area contributed by atoms with Crippen LogP contribution in [0.2, 0.25) is 0 Å². The number of piperidine rings is 1. The first-order chi connectivity index (χ1) is 13.2. The van der Waals surface area contributed by atoms with Gasteiger partial charge in [0, 0.05) is 24.8 Å². The molecule has 1 aliphatic heterocycles. The van der Waals surface area contributed by atoms with E-state index in [1.54, 1.807) is 15.5 Å². The van der Waals surface area contributed by atoms with Gasteiger partial charge < -0.3 is 9.64 Å². The number of amides is 1. The highest BCUT2D eigenvalue weighted by Gasteiger charge is 2.31. The van der Waals surface area contributed by atoms with Gasteiger partial charge in [-0.2, -0.15) is 0 Å². The molecule has 1 aliphatic rings. The number of nitrogens with zero attached hydrogens (tertiary/aromatic N) is 3. The van der Waals surface area contributed by atoms with E-state index < -0.39 is 12.1 Å². The zero-order chi connectivity index (χ0) is 18.6. The largest absolute Gasteiger partial charge is 0.443 e. The zero-order valence-corrected chi connectivity index (χ0v) is 15.0. The van der Waals surface area contributed by atoms with Gasteiger partial charge in [-0.05, 0) is 31.4 Å². The highest BCUT2D eigenvalue weighted by atomic mass is 16.5. The van der Waals surface area contributed by atoms with Crippen molar-refractivity contribution in [3.8, 4) is 0 Å². The molecule has 1 saturated heterocycles. The molecular formula is C21H21N3O3. The Kier molecular flexibility index (Phi) is 4.87. The Morgan fingerprint density at radius 2 is 1.70 bits per heavy atom. The van der Waals surface area contributed by atoms with Gasteiger partial charge in [0.25, 0.3) is 5.91 Å². The topological polar surface area (TPSA) is 63.9 Å². The number of hydrogen-bond acceptors (Lipinski definition) is 4. The molecule has 3 aromatic rings. The Balaban J connectivity index is 1.62. The van der Waals surface area contributed by atoms with Gasteiger partial charge >= 0.3 is 5.97 Å². The third kappa shape index (κ3) is 3.56. The number of hydrogen-bond donors (Lipinski definition) is 0. The highest BCUT2D eigenvalue weighted by molar-refractivity contribution is 5.92. The van der Waals surface area contributed by atoms with E-state index in [0.29, 0.717) is 30.0 Å². The van der Waals surface area contributed by atoms with Crippen molar-refractivity contribution < 1.29 is 14.3 Å². The maximum Gasteiger partial charge on any atom is 0.358 e. The van der Waals surface area contributed by atoms with E-state index in [-0.39, 0.29) is 5.91 Å². The minimum atomic E-state index is -0.953. The molecule has 27 heavy (non-hydrogen) atoms. The van der Waals surface area contributed by atoms with Gasteiger partial charge in [0.05, 0.1) is 6.20 Å². The smallest absolute Gasteiger partial charge is 0.358 e. The molecule has 3 heterocycles. The number of aromatic nitrogens is 2. The normalized spacial score (nSPS) is 15.5. The molecular weight excluding hydrogens is 342 g/mol. The Bertz CT molecular complexity index is 945. The van der Waals surface area contributed by atoms with Gasteiger partial charge in [-0.1, -0.05) is 36.4 Å². The van der Waals surface area contributed by atoms with Crippen molar-refractivity contribution in [1.82, 2.24) is 14.3 Å². The lowest BCUT2D eigenvalue weighted by atomic mass is 10.1. The number of pyridine rings is 1. The van der Waals surface area contributed by atoms with Gasteiger partial charge in [0.1, 0.15) is 5.65 Å². The van der Waals surface area contributed by atoms with E-state index in [4.69, 9.17) is 4.74 Å². The Morgan fingerprint density at radius 1 is 0.963 bits per heavy atom. The standard InChI is InChI=1S/C21H21N3O3/c25-20(23-12-6-2-7-13-23)19(16-9-3-1-4-10-16)27-21(26)17-15-22-18-11-5-8-14-24(17)18/h1,3-5,8-11,14-15,19H,2,6-7,12-13H2/t19-/m1/s1. The monoisotopic (exact) mass is 363 g/mol. The molecule has 0 saturated carbocycles. The van der Waals surface area contributed by atoms with Crippen LogP contribution in [0.5, 0.6) is 0 Å². The number of carbonyl (C=O) groups is 2. The molecule has 2 aromatic heterocycles.